The van der Waals surface area contributed by atoms with Crippen LogP contribution in [-0.2, 0) is 30.8 Å². The van der Waals surface area contributed by atoms with E-state index in [4.69, 9.17) is 5.73 Å². The molecule has 2 aromatic carbocycles. The van der Waals surface area contributed by atoms with Gasteiger partial charge in [-0.25, -0.2) is 0 Å². The van der Waals surface area contributed by atoms with E-state index in [9.17, 15) is 14.7 Å². The number of nitrogens with one attached hydrogen (secondary N) is 3. The molecular weight excluding hydrogens is 564 g/mol. The van der Waals surface area contributed by atoms with Gasteiger partial charge in [-0.2, -0.15) is 0 Å². The molecule has 0 saturated carbocycles. The number of nitrogens with two attached hydrogens (primary N) is 1. The van der Waals surface area contributed by atoms with Gasteiger partial charge in [0.1, 0.15) is 5.92 Å². The summed E-state index contributed by atoms with van der Waals surface area (Å²) in [5.74, 6) is -2.48. The summed E-state index contributed by atoms with van der Waals surface area (Å²) in [6.07, 6.45) is 7.35. The summed E-state index contributed by atoms with van der Waals surface area (Å²) in [6.45, 7) is 4.55. The maximum Gasteiger partial charge on any atom is 0.314 e. The summed E-state index contributed by atoms with van der Waals surface area (Å²) in [7, 11) is 0. The van der Waals surface area contributed by atoms with Crippen molar-refractivity contribution in [3.8, 4) is 0 Å². The second-order valence-electron chi connectivity index (χ2n) is 11.1. The molecule has 0 fully saturated rings. The molecule has 234 valence electrons. The molecule has 0 spiro atoms. The van der Waals surface area contributed by atoms with Crippen LogP contribution in [0.2, 0.25) is 0 Å². The minimum absolute atomic E-state index is 0.221. The average molecular weight is 607 g/mol. The van der Waals surface area contributed by atoms with Crippen LogP contribution in [-0.4, -0.2) is 44.4 Å². The Morgan fingerprint density at radius 3 is 2.11 bits per heavy atom. The highest BCUT2D eigenvalue weighted by molar-refractivity contribution is 6.08. The monoisotopic (exact) mass is 606 g/mol. The van der Waals surface area contributed by atoms with Gasteiger partial charge in [0.15, 0.2) is 5.78 Å². The summed E-state index contributed by atoms with van der Waals surface area (Å²) in [6, 6.07) is 27.1. The van der Waals surface area contributed by atoms with E-state index in [2.05, 4.69) is 43.8 Å². The summed E-state index contributed by atoms with van der Waals surface area (Å²) < 4.78 is 0. The number of carboxylic acids is 1. The molecule has 0 aliphatic carbocycles. The van der Waals surface area contributed by atoms with Gasteiger partial charge in [0.25, 0.3) is 0 Å². The van der Waals surface area contributed by atoms with Gasteiger partial charge in [0, 0.05) is 60.7 Å². The molecule has 0 radical (unpaired) electrons. The number of pyridine rings is 2. The number of para-hydroxylation sites is 1. The van der Waals surface area contributed by atoms with Gasteiger partial charge < -0.3 is 26.5 Å². The molecule has 9 heteroatoms. The molecule has 3 heterocycles. The molecule has 0 bridgehead atoms. The molecule has 0 saturated heterocycles. The highest BCUT2D eigenvalue weighted by Gasteiger charge is 2.26. The van der Waals surface area contributed by atoms with Crippen LogP contribution in [0.3, 0.4) is 0 Å². The predicted octanol–water partition coefficient (Wildman–Crippen LogP) is 5.28. The lowest BCUT2D eigenvalue weighted by Crippen LogP contribution is -2.25. The van der Waals surface area contributed by atoms with Gasteiger partial charge in [-0.15, -0.1) is 0 Å². The van der Waals surface area contributed by atoms with Crippen molar-refractivity contribution in [2.75, 3.05) is 6.54 Å². The molecule has 2 atom stereocenters. The van der Waals surface area contributed by atoms with E-state index >= 15 is 0 Å². The van der Waals surface area contributed by atoms with Gasteiger partial charge in [-0.1, -0.05) is 54.6 Å². The van der Waals surface area contributed by atoms with Gasteiger partial charge in [0.05, 0.1) is 11.4 Å². The second-order valence-corrected chi connectivity index (χ2v) is 11.1. The van der Waals surface area contributed by atoms with Crippen LogP contribution in [0.1, 0.15) is 52.6 Å². The number of aromatic nitrogens is 3. The van der Waals surface area contributed by atoms with Crippen molar-refractivity contribution in [2.45, 2.75) is 51.9 Å². The molecule has 0 aliphatic heterocycles. The van der Waals surface area contributed by atoms with Crippen molar-refractivity contribution in [2.24, 2.45) is 11.7 Å². The Kier molecular flexibility index (Phi) is 13.0. The number of aliphatic carboxylic acids is 1. The molecular formula is C36H42N6O3. The quantitative estimate of drug-likeness (QED) is 0.0615. The molecule has 6 N–H and O–H groups in total. The van der Waals surface area contributed by atoms with Gasteiger partial charge in [-0.3, -0.25) is 19.6 Å². The smallest absolute Gasteiger partial charge is 0.314 e. The zero-order valence-corrected chi connectivity index (χ0v) is 25.7. The first kappa shape index (κ1) is 33.2. The van der Waals surface area contributed by atoms with Crippen LogP contribution in [0.4, 0.5) is 0 Å². The number of H-pyrrole nitrogens is 1. The van der Waals surface area contributed by atoms with Crippen LogP contribution in [0, 0.1) is 5.92 Å². The Morgan fingerprint density at radius 1 is 0.844 bits per heavy atom. The number of benzene rings is 2. The second kappa shape index (κ2) is 17.6. The SMILES string of the molecule is CC(N)Cc1c[nH]c2ccccc12.O=C(O)[C@@H](CCCNCc1ccccn1)C(=O)c1ccc(CNCc2ccccn2)cc1. The molecule has 45 heavy (non-hydrogen) atoms. The molecule has 9 nitrogen and oxygen atoms in total. The number of fused-ring (bicyclic) bond motifs is 1. The van der Waals surface area contributed by atoms with E-state index in [-0.39, 0.29) is 18.2 Å². The van der Waals surface area contributed by atoms with Crippen LogP contribution < -0.4 is 16.4 Å². The van der Waals surface area contributed by atoms with Crippen LogP contribution >= 0.6 is 0 Å². The topological polar surface area (TPSA) is 146 Å². The molecule has 0 amide bonds. The minimum Gasteiger partial charge on any atom is -0.481 e. The molecule has 0 aliphatic rings. The Labute approximate surface area is 264 Å². The van der Waals surface area contributed by atoms with Crippen LogP contribution in [0.25, 0.3) is 10.9 Å². The Bertz CT molecular complexity index is 1600. The average Bonchev–Trinajstić information content (AvgIpc) is 3.46. The summed E-state index contributed by atoms with van der Waals surface area (Å²) in [5, 5.41) is 17.4. The number of carbonyl (C=O) groups excluding carboxylic acids is 1. The number of ketones is 1. The van der Waals surface area contributed by atoms with Gasteiger partial charge >= 0.3 is 5.97 Å². The lowest BCUT2D eigenvalue weighted by molar-refractivity contribution is -0.140. The first-order valence-corrected chi connectivity index (χ1v) is 15.3. The van der Waals surface area contributed by atoms with Gasteiger partial charge in [-0.05, 0) is 74.2 Å². The van der Waals surface area contributed by atoms with E-state index < -0.39 is 11.9 Å². The number of aromatic amines is 1. The highest BCUT2D eigenvalue weighted by Crippen LogP contribution is 2.19. The lowest BCUT2D eigenvalue weighted by atomic mass is 9.93. The molecule has 5 rings (SSSR count). The summed E-state index contributed by atoms with van der Waals surface area (Å²) in [5.41, 5.74) is 11.6. The third-order valence-corrected chi connectivity index (χ3v) is 7.31. The fraction of sp³-hybridized carbons (Fsp3) is 0.278. The highest BCUT2D eigenvalue weighted by atomic mass is 16.4. The molecule has 1 unspecified atom stereocenters. The number of hydrogen-bond acceptors (Lipinski definition) is 7. The zero-order valence-electron chi connectivity index (χ0n) is 25.7. The fourth-order valence-corrected chi connectivity index (χ4v) is 4.99. The predicted molar refractivity (Wildman–Crippen MR) is 178 cm³/mol. The first-order valence-electron chi connectivity index (χ1n) is 15.3. The van der Waals surface area contributed by atoms with Crippen molar-refractivity contribution < 1.29 is 14.7 Å². The Morgan fingerprint density at radius 2 is 1.49 bits per heavy atom. The maximum absolute atomic E-state index is 12.7. The van der Waals surface area contributed by atoms with E-state index in [0.717, 1.165) is 23.4 Å². The fourth-order valence-electron chi connectivity index (χ4n) is 4.99. The van der Waals surface area contributed by atoms with Crippen molar-refractivity contribution in [1.82, 2.24) is 25.6 Å². The summed E-state index contributed by atoms with van der Waals surface area (Å²) >= 11 is 0. The third-order valence-electron chi connectivity index (χ3n) is 7.31. The first-order chi connectivity index (χ1) is 21.9. The molecule has 3 aromatic heterocycles. The zero-order chi connectivity index (χ0) is 31.9. The normalized spacial score (nSPS) is 12.2. The van der Waals surface area contributed by atoms with E-state index in [0.29, 0.717) is 38.2 Å². The van der Waals surface area contributed by atoms with E-state index in [1.165, 1.54) is 16.5 Å². The minimum atomic E-state index is -1.08. The number of Topliss-reactive ketones (excluding diaryl/α,β-unsaturated/α-hetero) is 1. The number of carboxylic acid groups (broad SMARTS) is 1. The lowest BCUT2D eigenvalue weighted by Gasteiger charge is -2.12. The number of hydrogen-bond donors (Lipinski definition) is 5. The van der Waals surface area contributed by atoms with E-state index in [1.54, 1.807) is 24.5 Å². The van der Waals surface area contributed by atoms with Crippen molar-refractivity contribution in [1.29, 1.82) is 0 Å². The standard InChI is InChI=1S/C25H28N4O3.C11H14N2/c30-24(23(25(31)32)8-5-13-26-17-21-6-1-3-14-28-21)20-11-9-19(10-12-20)16-27-18-22-7-2-4-15-29-22;1-8(12)6-9-7-13-11-5-3-2-4-10(9)11/h1-4,6-7,9-12,14-15,23,26-27H,5,8,13,16-18H2,(H,31,32);2-5,7-8,13H,6,12H2,1H3/t23-;/m0./s1. The van der Waals surface area contributed by atoms with Crippen molar-refractivity contribution in [3.05, 3.63) is 132 Å². The Balaban J connectivity index is 0.000000293. The van der Waals surface area contributed by atoms with Gasteiger partial charge in [0.2, 0.25) is 0 Å². The third kappa shape index (κ3) is 10.8. The molecule has 5 aromatic rings. The maximum atomic E-state index is 12.7. The summed E-state index contributed by atoms with van der Waals surface area (Å²) in [4.78, 5) is 36.2. The largest absolute Gasteiger partial charge is 0.481 e. The van der Waals surface area contributed by atoms with Crippen LogP contribution in [0.15, 0.2) is 104 Å². The van der Waals surface area contributed by atoms with E-state index in [1.807, 2.05) is 67.7 Å². The number of carbonyl (C=O) groups is 2. The van der Waals surface area contributed by atoms with Crippen molar-refractivity contribution >= 4 is 22.7 Å². The number of nitrogens with zero attached hydrogens (tertiary/aromatic N) is 2. The van der Waals surface area contributed by atoms with Crippen molar-refractivity contribution in [3.63, 3.8) is 0 Å². The number of rotatable bonds is 15. The Hall–Kier alpha value is -4.70. The van der Waals surface area contributed by atoms with Crippen LogP contribution in [0.5, 0.6) is 0 Å².